The standard InChI is InChI=1S/C8H3Br3/c1-2-5-6(9)3-4-7(10)8(5)11/h1,3-4H. The molecule has 0 atom stereocenters. The fraction of sp³-hybridized carbons (Fsp3) is 0. The Morgan fingerprint density at radius 1 is 1.09 bits per heavy atom. The molecule has 0 fully saturated rings. The van der Waals surface area contributed by atoms with Crippen molar-refractivity contribution in [2.45, 2.75) is 0 Å². The van der Waals surface area contributed by atoms with E-state index in [4.69, 9.17) is 6.42 Å². The minimum absolute atomic E-state index is 0.833. The number of terminal acetylenes is 1. The summed E-state index contributed by atoms with van der Waals surface area (Å²) >= 11 is 10.1. The van der Waals surface area contributed by atoms with E-state index in [1.54, 1.807) is 0 Å². The number of halogens is 3. The Labute approximate surface area is 90.8 Å². The molecule has 0 bridgehead atoms. The topological polar surface area (TPSA) is 0 Å². The molecule has 1 aromatic carbocycles. The van der Waals surface area contributed by atoms with Gasteiger partial charge in [0, 0.05) is 13.4 Å². The first-order valence-corrected chi connectivity index (χ1v) is 5.15. The Morgan fingerprint density at radius 2 is 1.64 bits per heavy atom. The molecule has 3 heteroatoms. The molecule has 0 aliphatic carbocycles. The van der Waals surface area contributed by atoms with E-state index in [0.717, 1.165) is 19.0 Å². The highest BCUT2D eigenvalue weighted by molar-refractivity contribution is 9.13. The molecule has 0 aliphatic heterocycles. The lowest BCUT2D eigenvalue weighted by atomic mass is 10.2. The monoisotopic (exact) mass is 336 g/mol. The second-order valence-electron chi connectivity index (χ2n) is 1.86. The predicted octanol–water partition coefficient (Wildman–Crippen LogP) is 3.96. The zero-order chi connectivity index (χ0) is 8.43. The quantitative estimate of drug-likeness (QED) is 0.496. The number of rotatable bonds is 0. The van der Waals surface area contributed by atoms with Gasteiger partial charge in [-0.2, -0.15) is 0 Å². The Hall–Kier alpha value is 0.220. The SMILES string of the molecule is C#Cc1c(Br)ccc(Br)c1Br. The molecule has 0 nitrogen and oxygen atoms in total. The van der Waals surface area contributed by atoms with Gasteiger partial charge >= 0.3 is 0 Å². The summed E-state index contributed by atoms with van der Waals surface area (Å²) in [7, 11) is 0. The lowest BCUT2D eigenvalue weighted by Crippen LogP contribution is -1.80. The van der Waals surface area contributed by atoms with Gasteiger partial charge in [-0.05, 0) is 59.9 Å². The first-order valence-electron chi connectivity index (χ1n) is 2.77. The van der Waals surface area contributed by atoms with Crippen molar-refractivity contribution >= 4 is 47.8 Å². The first kappa shape index (κ1) is 9.31. The van der Waals surface area contributed by atoms with E-state index in [1.807, 2.05) is 12.1 Å². The average molecular weight is 339 g/mol. The van der Waals surface area contributed by atoms with Crippen LogP contribution < -0.4 is 0 Å². The van der Waals surface area contributed by atoms with Crippen molar-refractivity contribution in [1.82, 2.24) is 0 Å². The van der Waals surface area contributed by atoms with Crippen LogP contribution in [0.25, 0.3) is 0 Å². The van der Waals surface area contributed by atoms with Crippen LogP contribution in [0.1, 0.15) is 5.56 Å². The van der Waals surface area contributed by atoms with Crippen LogP contribution in [0.5, 0.6) is 0 Å². The molecule has 0 aliphatic rings. The molecule has 0 saturated heterocycles. The maximum absolute atomic E-state index is 5.29. The molecule has 0 heterocycles. The minimum Gasteiger partial charge on any atom is -0.115 e. The van der Waals surface area contributed by atoms with Crippen molar-refractivity contribution < 1.29 is 0 Å². The van der Waals surface area contributed by atoms with Crippen molar-refractivity contribution in [2.75, 3.05) is 0 Å². The number of benzene rings is 1. The zero-order valence-electron chi connectivity index (χ0n) is 5.37. The van der Waals surface area contributed by atoms with Gasteiger partial charge in [0.25, 0.3) is 0 Å². The summed E-state index contributed by atoms with van der Waals surface area (Å²) < 4.78 is 2.80. The van der Waals surface area contributed by atoms with Crippen LogP contribution in [0, 0.1) is 12.3 Å². The molecule has 0 aromatic heterocycles. The second kappa shape index (κ2) is 3.75. The molecule has 56 valence electrons. The third kappa shape index (κ3) is 1.87. The average Bonchev–Trinajstić information content (AvgIpc) is 1.99. The van der Waals surface area contributed by atoms with Crippen LogP contribution >= 0.6 is 47.8 Å². The van der Waals surface area contributed by atoms with Crippen molar-refractivity contribution in [3.05, 3.63) is 31.1 Å². The Morgan fingerprint density at radius 3 is 2.09 bits per heavy atom. The van der Waals surface area contributed by atoms with E-state index in [-0.39, 0.29) is 0 Å². The molecule has 11 heavy (non-hydrogen) atoms. The summed E-state index contributed by atoms with van der Waals surface area (Å²) in [6.45, 7) is 0. The summed E-state index contributed by atoms with van der Waals surface area (Å²) in [6, 6.07) is 3.83. The molecule has 0 saturated carbocycles. The molecule has 0 radical (unpaired) electrons. The lowest BCUT2D eigenvalue weighted by molar-refractivity contribution is 1.50. The van der Waals surface area contributed by atoms with Gasteiger partial charge < -0.3 is 0 Å². The van der Waals surface area contributed by atoms with Crippen molar-refractivity contribution in [2.24, 2.45) is 0 Å². The van der Waals surface area contributed by atoms with Gasteiger partial charge in [-0.25, -0.2) is 0 Å². The highest BCUT2D eigenvalue weighted by atomic mass is 79.9. The van der Waals surface area contributed by atoms with Gasteiger partial charge in [-0.1, -0.05) is 5.92 Å². The molecular weight excluding hydrogens is 336 g/mol. The van der Waals surface area contributed by atoms with E-state index in [1.165, 1.54) is 0 Å². The van der Waals surface area contributed by atoms with Gasteiger partial charge in [0.1, 0.15) is 0 Å². The smallest absolute Gasteiger partial charge is 0.0538 e. The molecule has 0 spiro atoms. The lowest BCUT2D eigenvalue weighted by Gasteiger charge is -2.01. The van der Waals surface area contributed by atoms with E-state index < -0.39 is 0 Å². The largest absolute Gasteiger partial charge is 0.115 e. The second-order valence-corrected chi connectivity index (χ2v) is 4.36. The van der Waals surface area contributed by atoms with E-state index in [9.17, 15) is 0 Å². The summed E-state index contributed by atoms with van der Waals surface area (Å²) in [5.74, 6) is 2.58. The van der Waals surface area contributed by atoms with Crippen LogP contribution in [0.15, 0.2) is 25.6 Å². The van der Waals surface area contributed by atoms with Crippen LogP contribution in [-0.4, -0.2) is 0 Å². The normalized spacial score (nSPS) is 9.27. The fourth-order valence-electron chi connectivity index (χ4n) is 0.659. The number of hydrogen-bond acceptors (Lipinski definition) is 0. The van der Waals surface area contributed by atoms with E-state index in [0.29, 0.717) is 0 Å². The van der Waals surface area contributed by atoms with Crippen molar-refractivity contribution in [3.8, 4) is 12.3 Å². The van der Waals surface area contributed by atoms with Crippen molar-refractivity contribution in [3.63, 3.8) is 0 Å². The van der Waals surface area contributed by atoms with Crippen molar-refractivity contribution in [1.29, 1.82) is 0 Å². The molecule has 1 aromatic rings. The Balaban J connectivity index is 3.44. The molecule has 0 unspecified atom stereocenters. The minimum atomic E-state index is 0.833. The Kier molecular flexibility index (Phi) is 3.17. The maximum Gasteiger partial charge on any atom is 0.0538 e. The number of hydrogen-bond donors (Lipinski definition) is 0. The highest BCUT2D eigenvalue weighted by Gasteiger charge is 2.04. The summed E-state index contributed by atoms with van der Waals surface area (Å²) in [6.07, 6.45) is 5.29. The summed E-state index contributed by atoms with van der Waals surface area (Å²) in [5.41, 5.74) is 0.833. The van der Waals surface area contributed by atoms with Crippen LogP contribution in [0.2, 0.25) is 0 Å². The Bertz CT molecular complexity index is 323. The maximum atomic E-state index is 5.29. The van der Waals surface area contributed by atoms with Gasteiger partial charge in [-0.3, -0.25) is 0 Å². The summed E-state index contributed by atoms with van der Waals surface area (Å²) in [4.78, 5) is 0. The molecule has 1 rings (SSSR count). The summed E-state index contributed by atoms with van der Waals surface area (Å²) in [5, 5.41) is 0. The molecule has 0 amide bonds. The zero-order valence-corrected chi connectivity index (χ0v) is 10.1. The molecular formula is C8H3Br3. The van der Waals surface area contributed by atoms with E-state index >= 15 is 0 Å². The first-order chi connectivity index (χ1) is 5.16. The van der Waals surface area contributed by atoms with Gasteiger partial charge in [0.05, 0.1) is 5.56 Å². The predicted molar refractivity (Wildman–Crippen MR) is 57.5 cm³/mol. The highest BCUT2D eigenvalue weighted by Crippen LogP contribution is 2.31. The third-order valence-corrected chi connectivity index (χ3v) is 3.87. The van der Waals surface area contributed by atoms with Gasteiger partial charge in [-0.15, -0.1) is 6.42 Å². The fourth-order valence-corrected chi connectivity index (χ4v) is 2.16. The molecule has 0 N–H and O–H groups in total. The third-order valence-electron chi connectivity index (χ3n) is 1.19. The van der Waals surface area contributed by atoms with E-state index in [2.05, 4.69) is 53.7 Å². The van der Waals surface area contributed by atoms with Crippen LogP contribution in [0.3, 0.4) is 0 Å². The van der Waals surface area contributed by atoms with Gasteiger partial charge in [0.15, 0.2) is 0 Å². The van der Waals surface area contributed by atoms with Crippen LogP contribution in [0.4, 0.5) is 0 Å². The van der Waals surface area contributed by atoms with Crippen LogP contribution in [-0.2, 0) is 0 Å². The van der Waals surface area contributed by atoms with Gasteiger partial charge in [0.2, 0.25) is 0 Å².